The van der Waals surface area contributed by atoms with Gasteiger partial charge in [-0.15, -0.1) is 0 Å². The highest BCUT2D eigenvalue weighted by molar-refractivity contribution is 5.98. The number of benzene rings is 3. The normalized spacial score (nSPS) is 16.0. The average Bonchev–Trinajstić information content (AvgIpc) is 2.86. The summed E-state index contributed by atoms with van der Waals surface area (Å²) in [4.78, 5) is 15.9. The summed E-state index contributed by atoms with van der Waals surface area (Å²) < 4.78 is 1.75. The minimum atomic E-state index is -0.0227. The van der Waals surface area contributed by atoms with Gasteiger partial charge in [-0.05, 0) is 90.2 Å². The molecule has 4 nitrogen and oxygen atoms in total. The van der Waals surface area contributed by atoms with Crippen molar-refractivity contribution in [2.75, 3.05) is 18.0 Å². The second-order valence-electron chi connectivity index (χ2n) is 9.11. The van der Waals surface area contributed by atoms with Crippen molar-refractivity contribution >= 4 is 16.5 Å². The summed E-state index contributed by atoms with van der Waals surface area (Å²) >= 11 is 0. The molecule has 0 radical (unpaired) electrons. The van der Waals surface area contributed by atoms with Gasteiger partial charge in [-0.3, -0.25) is 9.36 Å². The zero-order chi connectivity index (χ0) is 22.9. The molecule has 0 saturated carbocycles. The van der Waals surface area contributed by atoms with Gasteiger partial charge in [0.1, 0.15) is 0 Å². The summed E-state index contributed by atoms with van der Waals surface area (Å²) in [7, 11) is 0. The van der Waals surface area contributed by atoms with Crippen LogP contribution in [-0.2, 0) is 0 Å². The van der Waals surface area contributed by atoms with Gasteiger partial charge in [-0.25, -0.2) is 0 Å². The van der Waals surface area contributed by atoms with Crippen LogP contribution in [0.2, 0.25) is 0 Å². The molecular formula is C29H27N3O. The summed E-state index contributed by atoms with van der Waals surface area (Å²) in [6, 6.07) is 23.9. The lowest BCUT2D eigenvalue weighted by molar-refractivity contribution is 0.447. The first-order chi connectivity index (χ1) is 16.0. The fourth-order valence-corrected chi connectivity index (χ4v) is 5.01. The van der Waals surface area contributed by atoms with E-state index in [4.69, 9.17) is 5.26 Å². The molecule has 1 saturated heterocycles. The molecule has 1 atom stereocenters. The molecule has 4 heteroatoms. The van der Waals surface area contributed by atoms with Gasteiger partial charge in [0, 0.05) is 36.0 Å². The van der Waals surface area contributed by atoms with Gasteiger partial charge < -0.3 is 4.90 Å². The van der Waals surface area contributed by atoms with Crippen LogP contribution in [0.4, 0.5) is 5.69 Å². The Balaban J connectivity index is 1.56. The van der Waals surface area contributed by atoms with Gasteiger partial charge in [-0.1, -0.05) is 31.2 Å². The zero-order valence-electron chi connectivity index (χ0n) is 19.1. The molecule has 0 aliphatic carbocycles. The highest BCUT2D eigenvalue weighted by atomic mass is 16.1. The molecule has 2 heterocycles. The van der Waals surface area contributed by atoms with Crippen LogP contribution in [-0.4, -0.2) is 17.7 Å². The predicted molar refractivity (Wildman–Crippen MR) is 135 cm³/mol. The van der Waals surface area contributed by atoms with Crippen LogP contribution in [0.3, 0.4) is 0 Å². The molecule has 0 spiro atoms. The first kappa shape index (κ1) is 21.0. The standard InChI is InChI=1S/C29H27N3O/c1-20-5-4-16-31(18-20)24-12-14-25(15-13-24)32-19-21(2)28-26(6-3-7-27(28)29(32)33)23-10-8-22(17-30)9-11-23/h3,6-15,19-20H,4-5,16,18H2,1-2H3. The maximum absolute atomic E-state index is 13.5. The van der Waals surface area contributed by atoms with Crippen molar-refractivity contribution in [3.05, 3.63) is 94.4 Å². The van der Waals surface area contributed by atoms with Gasteiger partial charge in [0.25, 0.3) is 5.56 Å². The lowest BCUT2D eigenvalue weighted by Gasteiger charge is -2.32. The number of aromatic nitrogens is 1. The lowest BCUT2D eigenvalue weighted by Crippen LogP contribution is -2.34. The van der Waals surface area contributed by atoms with Crippen molar-refractivity contribution in [3.8, 4) is 22.9 Å². The van der Waals surface area contributed by atoms with Crippen molar-refractivity contribution in [1.82, 2.24) is 4.57 Å². The second kappa shape index (κ2) is 8.60. The molecule has 1 aliphatic rings. The number of fused-ring (bicyclic) bond motifs is 1. The Morgan fingerprint density at radius 1 is 0.970 bits per heavy atom. The summed E-state index contributed by atoms with van der Waals surface area (Å²) in [5, 5.41) is 10.8. The van der Waals surface area contributed by atoms with E-state index in [1.54, 1.807) is 4.57 Å². The molecule has 0 bridgehead atoms. The fourth-order valence-electron chi connectivity index (χ4n) is 5.01. The summed E-state index contributed by atoms with van der Waals surface area (Å²) in [5.74, 6) is 0.717. The van der Waals surface area contributed by atoms with E-state index in [0.29, 0.717) is 10.9 Å². The molecular weight excluding hydrogens is 406 g/mol. The van der Waals surface area contributed by atoms with E-state index in [2.05, 4.69) is 36.9 Å². The van der Waals surface area contributed by atoms with Crippen LogP contribution in [0.1, 0.15) is 30.9 Å². The third-order valence-electron chi connectivity index (χ3n) is 6.71. The fraction of sp³-hybridized carbons (Fsp3) is 0.241. The van der Waals surface area contributed by atoms with E-state index in [-0.39, 0.29) is 5.56 Å². The Morgan fingerprint density at radius 2 is 1.70 bits per heavy atom. The van der Waals surface area contributed by atoms with Crippen LogP contribution in [0, 0.1) is 24.2 Å². The number of hydrogen-bond acceptors (Lipinski definition) is 3. The highest BCUT2D eigenvalue weighted by Crippen LogP contribution is 2.30. The molecule has 164 valence electrons. The third kappa shape index (κ3) is 3.91. The van der Waals surface area contributed by atoms with Gasteiger partial charge in [0.15, 0.2) is 0 Å². The number of aryl methyl sites for hydroxylation is 1. The molecule has 0 amide bonds. The Labute approximate surface area is 194 Å². The van der Waals surface area contributed by atoms with Crippen molar-refractivity contribution in [1.29, 1.82) is 5.26 Å². The number of anilines is 1. The minimum absolute atomic E-state index is 0.0227. The van der Waals surface area contributed by atoms with Gasteiger partial charge in [0.2, 0.25) is 0 Å². The Morgan fingerprint density at radius 3 is 2.39 bits per heavy atom. The predicted octanol–water partition coefficient (Wildman–Crippen LogP) is 6.07. The first-order valence-electron chi connectivity index (χ1n) is 11.6. The number of hydrogen-bond donors (Lipinski definition) is 0. The maximum Gasteiger partial charge on any atom is 0.262 e. The number of piperidine rings is 1. The number of nitrogens with zero attached hydrogens (tertiary/aromatic N) is 3. The van der Waals surface area contributed by atoms with Gasteiger partial charge in [0.05, 0.1) is 11.6 Å². The zero-order valence-corrected chi connectivity index (χ0v) is 19.1. The van der Waals surface area contributed by atoms with E-state index in [1.165, 1.54) is 18.5 Å². The van der Waals surface area contributed by atoms with Crippen LogP contribution in [0.25, 0.3) is 27.6 Å². The topological polar surface area (TPSA) is 49.0 Å². The quantitative estimate of drug-likeness (QED) is 0.394. The highest BCUT2D eigenvalue weighted by Gasteiger charge is 2.17. The summed E-state index contributed by atoms with van der Waals surface area (Å²) in [6.07, 6.45) is 4.47. The molecule has 1 fully saturated rings. The number of rotatable bonds is 3. The monoisotopic (exact) mass is 433 g/mol. The molecule has 33 heavy (non-hydrogen) atoms. The van der Waals surface area contributed by atoms with Crippen LogP contribution in [0.15, 0.2) is 77.7 Å². The molecule has 3 aromatic carbocycles. The van der Waals surface area contributed by atoms with Gasteiger partial charge >= 0.3 is 0 Å². The van der Waals surface area contributed by atoms with E-state index in [0.717, 1.165) is 46.8 Å². The Kier molecular flexibility index (Phi) is 5.48. The van der Waals surface area contributed by atoms with Crippen molar-refractivity contribution in [2.24, 2.45) is 5.92 Å². The van der Waals surface area contributed by atoms with E-state index >= 15 is 0 Å². The number of nitriles is 1. The smallest absolute Gasteiger partial charge is 0.262 e. The third-order valence-corrected chi connectivity index (χ3v) is 6.71. The molecule has 0 N–H and O–H groups in total. The Bertz CT molecular complexity index is 1410. The first-order valence-corrected chi connectivity index (χ1v) is 11.6. The van der Waals surface area contributed by atoms with E-state index in [1.807, 2.05) is 60.8 Å². The van der Waals surface area contributed by atoms with Crippen LogP contribution >= 0.6 is 0 Å². The lowest BCUT2D eigenvalue weighted by atomic mass is 9.96. The second-order valence-corrected chi connectivity index (χ2v) is 9.11. The van der Waals surface area contributed by atoms with Gasteiger partial charge in [-0.2, -0.15) is 5.26 Å². The minimum Gasteiger partial charge on any atom is -0.371 e. The van der Waals surface area contributed by atoms with E-state index in [9.17, 15) is 4.79 Å². The molecule has 1 aliphatic heterocycles. The summed E-state index contributed by atoms with van der Waals surface area (Å²) in [6.45, 7) is 6.54. The molecule has 1 unspecified atom stereocenters. The van der Waals surface area contributed by atoms with Crippen molar-refractivity contribution < 1.29 is 0 Å². The molecule has 5 rings (SSSR count). The van der Waals surface area contributed by atoms with Crippen molar-refractivity contribution in [2.45, 2.75) is 26.7 Å². The number of pyridine rings is 1. The van der Waals surface area contributed by atoms with Crippen LogP contribution in [0.5, 0.6) is 0 Å². The van der Waals surface area contributed by atoms with E-state index < -0.39 is 0 Å². The Hall–Kier alpha value is -3.84. The maximum atomic E-state index is 13.5. The largest absolute Gasteiger partial charge is 0.371 e. The molecule has 4 aromatic rings. The summed E-state index contributed by atoms with van der Waals surface area (Å²) in [5.41, 5.74) is 5.75. The molecule has 1 aromatic heterocycles. The van der Waals surface area contributed by atoms with Crippen LogP contribution < -0.4 is 10.5 Å². The SMILES string of the molecule is Cc1cn(-c2ccc(N3CCCC(C)C3)cc2)c(=O)c2cccc(-c3ccc(C#N)cc3)c12. The van der Waals surface area contributed by atoms with Crippen molar-refractivity contribution in [3.63, 3.8) is 0 Å². The average molecular weight is 434 g/mol.